The van der Waals surface area contributed by atoms with Gasteiger partial charge in [-0.25, -0.2) is 4.79 Å². The summed E-state index contributed by atoms with van der Waals surface area (Å²) < 4.78 is 0. The number of nitriles is 1. The van der Waals surface area contributed by atoms with E-state index in [0.29, 0.717) is 36.1 Å². The van der Waals surface area contributed by atoms with Crippen LogP contribution in [0, 0.1) is 17.2 Å². The van der Waals surface area contributed by atoms with Gasteiger partial charge in [0.1, 0.15) is 0 Å². The van der Waals surface area contributed by atoms with E-state index in [1.807, 2.05) is 18.7 Å². The number of para-hydroxylation sites is 1. The highest BCUT2D eigenvalue weighted by Crippen LogP contribution is 2.30. The van der Waals surface area contributed by atoms with Crippen LogP contribution in [0.15, 0.2) is 18.2 Å². The number of halogens is 1. The smallest absolute Gasteiger partial charge is 0.337 e. The molecule has 1 N–H and O–H groups in total. The van der Waals surface area contributed by atoms with Gasteiger partial charge in [-0.15, -0.1) is 0 Å². The second-order valence-corrected chi connectivity index (χ2v) is 5.10. The van der Waals surface area contributed by atoms with Crippen LogP contribution in [-0.2, 0) is 0 Å². The zero-order valence-corrected chi connectivity index (χ0v) is 11.8. The summed E-state index contributed by atoms with van der Waals surface area (Å²) in [6.07, 6.45) is 0.330. The van der Waals surface area contributed by atoms with Gasteiger partial charge in [0.15, 0.2) is 0 Å². The number of carbonyl (C=O) groups is 1. The Bertz CT molecular complexity index is 495. The van der Waals surface area contributed by atoms with Gasteiger partial charge >= 0.3 is 5.97 Å². The molecule has 0 amide bonds. The number of carboxylic acid groups (broad SMARTS) is 1. The van der Waals surface area contributed by atoms with Crippen molar-refractivity contribution in [3.63, 3.8) is 0 Å². The molecule has 0 heterocycles. The van der Waals surface area contributed by atoms with Gasteiger partial charge in [0.2, 0.25) is 0 Å². The molecule has 0 aromatic heterocycles. The number of carboxylic acids is 1. The standard InChI is InChI=1S/C14H17ClN2O2/c1-10(2)9-17(8-4-7-16)13-11(14(18)19)5-3-6-12(13)15/h3,5-6,10H,4,8-9H2,1-2H3,(H,18,19). The van der Waals surface area contributed by atoms with Crippen LogP contribution < -0.4 is 4.90 Å². The maximum absolute atomic E-state index is 11.3. The van der Waals surface area contributed by atoms with Crippen molar-refractivity contribution in [2.75, 3.05) is 18.0 Å². The molecule has 0 bridgehead atoms. The zero-order valence-electron chi connectivity index (χ0n) is 11.1. The Kier molecular flexibility index (Phi) is 5.65. The van der Waals surface area contributed by atoms with Gasteiger partial charge in [-0.05, 0) is 18.1 Å². The fourth-order valence-corrected chi connectivity index (χ4v) is 2.22. The van der Waals surface area contributed by atoms with Gasteiger partial charge in [0.05, 0.1) is 28.8 Å². The lowest BCUT2D eigenvalue weighted by Gasteiger charge is -2.28. The van der Waals surface area contributed by atoms with E-state index in [1.54, 1.807) is 12.1 Å². The van der Waals surface area contributed by atoms with Crippen molar-refractivity contribution in [3.8, 4) is 6.07 Å². The summed E-state index contributed by atoms with van der Waals surface area (Å²) in [5.41, 5.74) is 0.673. The molecule has 0 aliphatic heterocycles. The van der Waals surface area contributed by atoms with Crippen LogP contribution in [0.3, 0.4) is 0 Å². The van der Waals surface area contributed by atoms with Crippen molar-refractivity contribution in [2.24, 2.45) is 5.92 Å². The number of hydrogen-bond donors (Lipinski definition) is 1. The number of aromatic carboxylic acids is 1. The summed E-state index contributed by atoms with van der Waals surface area (Å²) in [5.74, 6) is -0.667. The van der Waals surface area contributed by atoms with Crippen LogP contribution in [0.25, 0.3) is 0 Å². The third-order valence-electron chi connectivity index (χ3n) is 2.61. The molecule has 0 atom stereocenters. The molecule has 102 valence electrons. The number of benzene rings is 1. The third-order valence-corrected chi connectivity index (χ3v) is 2.92. The van der Waals surface area contributed by atoms with Crippen molar-refractivity contribution in [1.29, 1.82) is 5.26 Å². The van der Waals surface area contributed by atoms with E-state index >= 15 is 0 Å². The first-order chi connectivity index (χ1) is 8.97. The highest BCUT2D eigenvalue weighted by atomic mass is 35.5. The Hall–Kier alpha value is -1.73. The monoisotopic (exact) mass is 280 g/mol. The second kappa shape index (κ2) is 7.01. The minimum absolute atomic E-state index is 0.172. The topological polar surface area (TPSA) is 64.3 Å². The number of rotatable bonds is 6. The molecule has 19 heavy (non-hydrogen) atoms. The predicted octanol–water partition coefficient (Wildman–Crippen LogP) is 3.41. The van der Waals surface area contributed by atoms with E-state index < -0.39 is 5.97 Å². The molecule has 0 saturated heterocycles. The SMILES string of the molecule is CC(C)CN(CCC#N)c1c(Cl)cccc1C(=O)O. The van der Waals surface area contributed by atoms with Crippen LogP contribution in [-0.4, -0.2) is 24.2 Å². The van der Waals surface area contributed by atoms with Crippen LogP contribution in [0.5, 0.6) is 0 Å². The van der Waals surface area contributed by atoms with E-state index in [0.717, 1.165) is 0 Å². The Morgan fingerprint density at radius 3 is 2.74 bits per heavy atom. The number of hydrogen-bond acceptors (Lipinski definition) is 3. The zero-order chi connectivity index (χ0) is 14.4. The van der Waals surface area contributed by atoms with Gasteiger partial charge in [-0.3, -0.25) is 0 Å². The van der Waals surface area contributed by atoms with Crippen molar-refractivity contribution in [1.82, 2.24) is 0 Å². The highest BCUT2D eigenvalue weighted by Gasteiger charge is 2.19. The average molecular weight is 281 g/mol. The van der Waals surface area contributed by atoms with Crippen LogP contribution in [0.1, 0.15) is 30.6 Å². The molecule has 0 aliphatic carbocycles. The lowest BCUT2D eigenvalue weighted by Crippen LogP contribution is -2.30. The third kappa shape index (κ3) is 4.15. The van der Waals surface area contributed by atoms with E-state index in [-0.39, 0.29) is 5.56 Å². The molecule has 0 unspecified atom stereocenters. The molecule has 0 aliphatic rings. The summed E-state index contributed by atoms with van der Waals surface area (Å²) in [7, 11) is 0. The summed E-state index contributed by atoms with van der Waals surface area (Å²) in [5, 5.41) is 18.4. The van der Waals surface area contributed by atoms with E-state index in [1.165, 1.54) is 6.07 Å². The van der Waals surface area contributed by atoms with Crippen molar-refractivity contribution >= 4 is 23.3 Å². The quantitative estimate of drug-likeness (QED) is 0.867. The van der Waals surface area contributed by atoms with Gasteiger partial charge in [0.25, 0.3) is 0 Å². The van der Waals surface area contributed by atoms with E-state index in [4.69, 9.17) is 16.9 Å². The molecule has 0 radical (unpaired) electrons. The van der Waals surface area contributed by atoms with Gasteiger partial charge in [-0.1, -0.05) is 31.5 Å². The minimum Gasteiger partial charge on any atom is -0.478 e. The predicted molar refractivity (Wildman–Crippen MR) is 75.7 cm³/mol. The molecule has 5 heteroatoms. The number of nitrogens with zero attached hydrogens (tertiary/aromatic N) is 2. The fraction of sp³-hybridized carbons (Fsp3) is 0.429. The molecule has 0 spiro atoms. The molecule has 4 nitrogen and oxygen atoms in total. The molecular weight excluding hydrogens is 264 g/mol. The first-order valence-corrected chi connectivity index (χ1v) is 6.48. The largest absolute Gasteiger partial charge is 0.478 e. The van der Waals surface area contributed by atoms with Crippen molar-refractivity contribution in [3.05, 3.63) is 28.8 Å². The maximum atomic E-state index is 11.3. The van der Waals surface area contributed by atoms with Crippen LogP contribution in [0.2, 0.25) is 5.02 Å². The molecule has 0 saturated carbocycles. The maximum Gasteiger partial charge on any atom is 0.337 e. The Morgan fingerprint density at radius 1 is 1.53 bits per heavy atom. The summed E-state index contributed by atoms with van der Waals surface area (Å²) in [6.45, 7) is 5.21. The van der Waals surface area contributed by atoms with Crippen LogP contribution in [0.4, 0.5) is 5.69 Å². The molecular formula is C14H17ClN2O2. The first-order valence-electron chi connectivity index (χ1n) is 6.11. The van der Waals surface area contributed by atoms with Crippen LogP contribution >= 0.6 is 11.6 Å². The normalized spacial score (nSPS) is 10.3. The lowest BCUT2D eigenvalue weighted by molar-refractivity contribution is 0.0697. The Morgan fingerprint density at radius 2 is 2.21 bits per heavy atom. The summed E-state index contributed by atoms with van der Waals surface area (Å²) in [6, 6.07) is 6.90. The number of anilines is 1. The van der Waals surface area contributed by atoms with Crippen molar-refractivity contribution < 1.29 is 9.90 Å². The highest BCUT2D eigenvalue weighted by molar-refractivity contribution is 6.34. The molecule has 1 rings (SSSR count). The lowest BCUT2D eigenvalue weighted by atomic mass is 10.1. The first kappa shape index (κ1) is 15.3. The van der Waals surface area contributed by atoms with E-state index in [9.17, 15) is 9.90 Å². The van der Waals surface area contributed by atoms with Gasteiger partial charge in [0, 0.05) is 13.1 Å². The molecule has 1 aromatic carbocycles. The Labute approximate surface area is 118 Å². The average Bonchev–Trinajstić information content (AvgIpc) is 2.33. The van der Waals surface area contributed by atoms with Gasteiger partial charge < -0.3 is 10.0 Å². The molecule has 1 aromatic rings. The van der Waals surface area contributed by atoms with E-state index in [2.05, 4.69) is 6.07 Å². The van der Waals surface area contributed by atoms with Crippen molar-refractivity contribution in [2.45, 2.75) is 20.3 Å². The van der Waals surface area contributed by atoms with Gasteiger partial charge in [-0.2, -0.15) is 5.26 Å². The summed E-state index contributed by atoms with van der Waals surface area (Å²) in [4.78, 5) is 13.2. The minimum atomic E-state index is -1.01. The molecule has 0 fully saturated rings. The fourth-order valence-electron chi connectivity index (χ4n) is 1.93. The second-order valence-electron chi connectivity index (χ2n) is 4.69. The summed E-state index contributed by atoms with van der Waals surface area (Å²) >= 11 is 6.14. The Balaban J connectivity index is 3.20.